The summed E-state index contributed by atoms with van der Waals surface area (Å²) in [5, 5.41) is 10.7. The van der Waals surface area contributed by atoms with Gasteiger partial charge in [-0.1, -0.05) is 53.5 Å². The van der Waals surface area contributed by atoms with Crippen molar-refractivity contribution in [1.82, 2.24) is 14.8 Å². The van der Waals surface area contributed by atoms with Crippen molar-refractivity contribution in [3.05, 3.63) is 116 Å². The van der Waals surface area contributed by atoms with Crippen LogP contribution in [0.25, 0.3) is 0 Å². The standard InChI is InChI=1S/C20H18ClFN4O2.C6H5Cl/c1-11-5-6-13(22)10-16(11)18-15(7-8-17-24-25-20(28)26(17)18)19(27)23-14-4-2-3-12(21)9-14;7-6-4-2-1-3-5-6/h2-6,9-10,15,18H,7-8H2,1H3,(H,23,27)(H,25,28);1-5H/t15?,18-;/m0./s1. The highest BCUT2D eigenvalue weighted by Gasteiger charge is 2.38. The Labute approximate surface area is 211 Å². The van der Waals surface area contributed by atoms with Gasteiger partial charge >= 0.3 is 5.69 Å². The molecule has 1 unspecified atom stereocenters. The fraction of sp³-hybridized carbons (Fsp3) is 0.192. The largest absolute Gasteiger partial charge is 0.343 e. The number of hydrogen-bond acceptors (Lipinski definition) is 3. The Bertz CT molecular complexity index is 1390. The molecule has 5 rings (SSSR count). The molecule has 0 saturated heterocycles. The van der Waals surface area contributed by atoms with Crippen molar-refractivity contribution in [1.29, 1.82) is 0 Å². The Hall–Kier alpha value is -3.42. The summed E-state index contributed by atoms with van der Waals surface area (Å²) >= 11 is 11.5. The number of amides is 1. The molecule has 0 aliphatic carbocycles. The second-order valence-electron chi connectivity index (χ2n) is 8.20. The number of nitrogens with zero attached hydrogens (tertiary/aromatic N) is 2. The zero-order chi connectivity index (χ0) is 24.9. The van der Waals surface area contributed by atoms with Crippen LogP contribution in [0.15, 0.2) is 77.6 Å². The second kappa shape index (κ2) is 10.9. The van der Waals surface area contributed by atoms with Crippen LogP contribution in [0.4, 0.5) is 10.1 Å². The molecule has 180 valence electrons. The van der Waals surface area contributed by atoms with Crippen LogP contribution in [0.3, 0.4) is 0 Å². The van der Waals surface area contributed by atoms with Gasteiger partial charge in [0.1, 0.15) is 11.6 Å². The van der Waals surface area contributed by atoms with E-state index >= 15 is 0 Å². The maximum absolute atomic E-state index is 14.0. The smallest absolute Gasteiger partial charge is 0.326 e. The minimum atomic E-state index is -0.648. The third-order valence-electron chi connectivity index (χ3n) is 5.84. The number of aryl methyl sites for hydroxylation is 2. The molecule has 4 aromatic rings. The predicted molar refractivity (Wildman–Crippen MR) is 135 cm³/mol. The van der Waals surface area contributed by atoms with Crippen molar-refractivity contribution >= 4 is 34.8 Å². The zero-order valence-electron chi connectivity index (χ0n) is 18.8. The molecular weight excluding hydrogens is 490 g/mol. The number of nitrogens with one attached hydrogen (secondary N) is 2. The summed E-state index contributed by atoms with van der Waals surface area (Å²) in [6.45, 7) is 1.83. The highest BCUT2D eigenvalue weighted by Crippen LogP contribution is 2.36. The third kappa shape index (κ3) is 5.81. The molecule has 6 nitrogen and oxygen atoms in total. The summed E-state index contributed by atoms with van der Waals surface area (Å²) in [5.74, 6) is -0.680. The molecule has 9 heteroatoms. The SMILES string of the molecule is Cc1ccc(F)cc1[C@@H]1C(C(=O)Nc2cccc(Cl)c2)CCc2n[nH]c(=O)n21.Clc1ccccc1. The summed E-state index contributed by atoms with van der Waals surface area (Å²) in [6, 6.07) is 20.0. The van der Waals surface area contributed by atoms with Gasteiger partial charge in [0.15, 0.2) is 0 Å². The average Bonchev–Trinajstić information content (AvgIpc) is 3.22. The van der Waals surface area contributed by atoms with E-state index in [-0.39, 0.29) is 5.91 Å². The van der Waals surface area contributed by atoms with E-state index in [1.54, 1.807) is 30.3 Å². The van der Waals surface area contributed by atoms with Crippen LogP contribution in [-0.4, -0.2) is 20.7 Å². The van der Waals surface area contributed by atoms with E-state index in [1.165, 1.54) is 16.7 Å². The highest BCUT2D eigenvalue weighted by molar-refractivity contribution is 6.31. The van der Waals surface area contributed by atoms with Crippen LogP contribution in [-0.2, 0) is 11.2 Å². The number of halogens is 3. The van der Waals surface area contributed by atoms with E-state index in [9.17, 15) is 14.0 Å². The first-order chi connectivity index (χ1) is 16.8. The van der Waals surface area contributed by atoms with Crippen molar-refractivity contribution in [3.8, 4) is 0 Å². The quantitative estimate of drug-likeness (QED) is 0.363. The maximum Gasteiger partial charge on any atom is 0.343 e. The van der Waals surface area contributed by atoms with Gasteiger partial charge in [0, 0.05) is 22.2 Å². The second-order valence-corrected chi connectivity index (χ2v) is 9.07. The molecule has 0 fully saturated rings. The van der Waals surface area contributed by atoms with Gasteiger partial charge in [-0.2, -0.15) is 5.10 Å². The fourth-order valence-electron chi connectivity index (χ4n) is 4.20. The van der Waals surface area contributed by atoms with E-state index in [1.807, 2.05) is 37.3 Å². The van der Waals surface area contributed by atoms with E-state index in [4.69, 9.17) is 23.2 Å². The van der Waals surface area contributed by atoms with Crippen molar-refractivity contribution in [2.45, 2.75) is 25.8 Å². The normalized spacial score (nSPS) is 16.6. The van der Waals surface area contributed by atoms with Crippen LogP contribution in [0.2, 0.25) is 10.0 Å². The number of hydrogen-bond donors (Lipinski definition) is 2. The van der Waals surface area contributed by atoms with Gasteiger partial charge in [0.05, 0.1) is 12.0 Å². The van der Waals surface area contributed by atoms with Gasteiger partial charge in [-0.3, -0.25) is 9.36 Å². The number of carbonyl (C=O) groups excluding carboxylic acids is 1. The molecule has 1 amide bonds. The number of H-pyrrole nitrogens is 1. The number of aromatic nitrogens is 3. The van der Waals surface area contributed by atoms with Crippen LogP contribution >= 0.6 is 23.2 Å². The van der Waals surface area contributed by atoms with Crippen LogP contribution in [0.5, 0.6) is 0 Å². The molecular formula is C26H23Cl2FN4O2. The lowest BCUT2D eigenvalue weighted by atomic mass is 9.83. The van der Waals surface area contributed by atoms with Gasteiger partial charge in [0.2, 0.25) is 5.91 Å². The molecule has 0 spiro atoms. The molecule has 1 aromatic heterocycles. The lowest BCUT2D eigenvalue weighted by Gasteiger charge is -2.32. The fourth-order valence-corrected chi connectivity index (χ4v) is 4.53. The van der Waals surface area contributed by atoms with E-state index in [2.05, 4.69) is 15.5 Å². The first-order valence-corrected chi connectivity index (χ1v) is 11.8. The van der Waals surface area contributed by atoms with Crippen molar-refractivity contribution in [2.24, 2.45) is 5.92 Å². The first-order valence-electron chi connectivity index (χ1n) is 11.0. The zero-order valence-corrected chi connectivity index (χ0v) is 20.4. The maximum atomic E-state index is 14.0. The summed E-state index contributed by atoms with van der Waals surface area (Å²) in [5.41, 5.74) is 1.55. The molecule has 2 heterocycles. The van der Waals surface area contributed by atoms with Crippen LogP contribution in [0.1, 0.15) is 29.4 Å². The molecule has 0 bridgehead atoms. The Morgan fingerprint density at radius 2 is 1.80 bits per heavy atom. The summed E-state index contributed by atoms with van der Waals surface area (Å²) in [4.78, 5) is 25.5. The first kappa shape index (κ1) is 24.7. The summed E-state index contributed by atoms with van der Waals surface area (Å²) in [6.07, 6.45) is 0.953. The average molecular weight is 513 g/mol. The van der Waals surface area contributed by atoms with Gasteiger partial charge in [-0.05, 0) is 66.9 Å². The molecule has 3 aromatic carbocycles. The Morgan fingerprint density at radius 3 is 2.49 bits per heavy atom. The van der Waals surface area contributed by atoms with Crippen molar-refractivity contribution in [3.63, 3.8) is 0 Å². The number of aromatic amines is 1. The summed E-state index contributed by atoms with van der Waals surface area (Å²) in [7, 11) is 0. The molecule has 1 aliphatic heterocycles. The van der Waals surface area contributed by atoms with Gasteiger partial charge in [-0.25, -0.2) is 14.3 Å². The monoisotopic (exact) mass is 512 g/mol. The van der Waals surface area contributed by atoms with E-state index < -0.39 is 23.5 Å². The number of rotatable bonds is 3. The topological polar surface area (TPSA) is 79.8 Å². The lowest BCUT2D eigenvalue weighted by molar-refractivity contribution is -0.121. The van der Waals surface area contributed by atoms with Gasteiger partial charge in [0.25, 0.3) is 0 Å². The molecule has 0 radical (unpaired) electrons. The Balaban J connectivity index is 0.000000356. The molecule has 1 aliphatic rings. The van der Waals surface area contributed by atoms with Crippen LogP contribution < -0.4 is 11.0 Å². The molecule has 2 N–H and O–H groups in total. The van der Waals surface area contributed by atoms with Crippen molar-refractivity contribution in [2.75, 3.05) is 5.32 Å². The number of benzene rings is 3. The van der Waals surface area contributed by atoms with Gasteiger partial charge < -0.3 is 5.32 Å². The van der Waals surface area contributed by atoms with Crippen molar-refractivity contribution < 1.29 is 9.18 Å². The number of fused-ring (bicyclic) bond motifs is 1. The number of carbonyl (C=O) groups is 1. The Morgan fingerprint density at radius 1 is 1.06 bits per heavy atom. The van der Waals surface area contributed by atoms with E-state index in [0.717, 1.165) is 10.6 Å². The minimum Gasteiger partial charge on any atom is -0.326 e. The lowest BCUT2D eigenvalue weighted by Crippen LogP contribution is -2.40. The number of anilines is 1. The van der Waals surface area contributed by atoms with E-state index in [0.29, 0.717) is 34.9 Å². The summed E-state index contributed by atoms with van der Waals surface area (Å²) < 4.78 is 15.5. The molecule has 0 saturated carbocycles. The minimum absolute atomic E-state index is 0.255. The Kier molecular flexibility index (Phi) is 7.68. The molecule has 35 heavy (non-hydrogen) atoms. The predicted octanol–water partition coefficient (Wildman–Crippen LogP) is 5.80. The van der Waals surface area contributed by atoms with Crippen LogP contribution in [0, 0.1) is 18.7 Å². The highest BCUT2D eigenvalue weighted by atomic mass is 35.5. The molecule has 2 atom stereocenters. The van der Waals surface area contributed by atoms with Gasteiger partial charge in [-0.15, -0.1) is 0 Å². The third-order valence-corrected chi connectivity index (χ3v) is 6.32.